The van der Waals surface area contributed by atoms with Crippen molar-refractivity contribution in [1.29, 1.82) is 0 Å². The Morgan fingerprint density at radius 1 is 1.35 bits per heavy atom. The van der Waals surface area contributed by atoms with E-state index < -0.39 is 5.60 Å². The first-order valence-corrected chi connectivity index (χ1v) is 11.4. The van der Waals surface area contributed by atoms with Crippen LogP contribution in [0.3, 0.4) is 0 Å². The molecule has 2 aliphatic rings. The first kappa shape index (κ1) is 21.7. The van der Waals surface area contributed by atoms with E-state index in [-0.39, 0.29) is 0 Å². The van der Waals surface area contributed by atoms with Gasteiger partial charge in [0.1, 0.15) is 5.60 Å². The van der Waals surface area contributed by atoms with Crippen LogP contribution in [0.25, 0.3) is 0 Å². The molecule has 168 valence electrons. The number of carbonyl (C=O) groups excluding carboxylic acids is 1. The molecule has 0 atom stereocenters. The van der Waals surface area contributed by atoms with Gasteiger partial charge in [-0.25, -0.2) is 0 Å². The second kappa shape index (κ2) is 9.30. The molecule has 0 unspecified atom stereocenters. The predicted octanol–water partition coefficient (Wildman–Crippen LogP) is 4.36. The molecule has 31 heavy (non-hydrogen) atoms. The number of nitrogens with one attached hydrogen (secondary N) is 1. The third kappa shape index (κ3) is 4.71. The van der Waals surface area contributed by atoms with Crippen LogP contribution in [0.2, 0.25) is 0 Å². The average molecular weight is 427 g/mol. The number of aromatic nitrogens is 2. The summed E-state index contributed by atoms with van der Waals surface area (Å²) in [5, 5.41) is 7.90. The Morgan fingerprint density at radius 2 is 2.13 bits per heavy atom. The fraction of sp³-hybridized carbons (Fsp3) is 0.583. The van der Waals surface area contributed by atoms with Gasteiger partial charge in [-0.1, -0.05) is 19.9 Å². The molecule has 0 radical (unpaired) electrons. The Hall–Kier alpha value is -2.54. The maximum atomic E-state index is 11.2. The molecule has 0 spiro atoms. The second-order valence-corrected chi connectivity index (χ2v) is 9.21. The highest BCUT2D eigenvalue weighted by Gasteiger charge is 2.41. The van der Waals surface area contributed by atoms with Gasteiger partial charge in [0.2, 0.25) is 0 Å². The van der Waals surface area contributed by atoms with E-state index in [9.17, 15) is 4.79 Å². The number of nitrogens with zero attached hydrogens (tertiary/aromatic N) is 3. The second-order valence-electron chi connectivity index (χ2n) is 9.21. The molecule has 1 aliphatic heterocycles. The van der Waals surface area contributed by atoms with Crippen LogP contribution in [0.1, 0.15) is 51.5 Å². The van der Waals surface area contributed by atoms with Gasteiger partial charge in [0.15, 0.2) is 0 Å². The molecule has 0 bridgehead atoms. The van der Waals surface area contributed by atoms with Crippen LogP contribution in [0, 0.1) is 5.92 Å². The first-order chi connectivity index (χ1) is 15.0. The van der Waals surface area contributed by atoms with Crippen LogP contribution in [-0.4, -0.2) is 42.1 Å². The van der Waals surface area contributed by atoms with Crippen molar-refractivity contribution in [3.63, 3.8) is 0 Å². The van der Waals surface area contributed by atoms with Gasteiger partial charge in [-0.3, -0.25) is 9.48 Å². The maximum absolute atomic E-state index is 11.2. The normalized spacial score (nSPS) is 18.5. The Kier molecular flexibility index (Phi) is 6.51. The fourth-order valence-corrected chi connectivity index (χ4v) is 4.71. The lowest BCUT2D eigenvalue weighted by Crippen LogP contribution is -2.42. The summed E-state index contributed by atoms with van der Waals surface area (Å²) in [5.41, 5.74) is 3.70. The Bertz CT molecular complexity index is 885. The van der Waals surface area contributed by atoms with Gasteiger partial charge in [0.05, 0.1) is 23.3 Å². The quantitative estimate of drug-likeness (QED) is 0.601. The number of carbonyl (C=O) groups is 1. The van der Waals surface area contributed by atoms with E-state index in [1.54, 1.807) is 4.68 Å². The van der Waals surface area contributed by atoms with Crippen molar-refractivity contribution in [1.82, 2.24) is 9.78 Å². The molecular formula is C24H34N4O3. The Balaban J connectivity index is 1.74. The molecule has 1 aromatic heterocycles. The van der Waals surface area contributed by atoms with Crippen LogP contribution in [-0.2, 0) is 26.9 Å². The highest BCUT2D eigenvalue weighted by Crippen LogP contribution is 2.46. The minimum Gasteiger partial charge on any atom is -0.456 e. The summed E-state index contributed by atoms with van der Waals surface area (Å²) in [6, 6.07) is 6.94. The monoisotopic (exact) mass is 426 g/mol. The van der Waals surface area contributed by atoms with E-state index in [1.165, 1.54) is 5.69 Å². The van der Waals surface area contributed by atoms with Crippen LogP contribution in [0.4, 0.5) is 17.1 Å². The number of ether oxygens (including phenoxy) is 2. The van der Waals surface area contributed by atoms with E-state index in [1.807, 2.05) is 19.4 Å². The highest BCUT2D eigenvalue weighted by molar-refractivity contribution is 5.76. The van der Waals surface area contributed by atoms with Crippen molar-refractivity contribution in [3.8, 4) is 0 Å². The molecular weight excluding hydrogens is 392 g/mol. The Labute approximate surface area is 184 Å². The minimum absolute atomic E-state index is 0.445. The van der Waals surface area contributed by atoms with Gasteiger partial charge in [0, 0.05) is 39.0 Å². The van der Waals surface area contributed by atoms with Gasteiger partial charge in [-0.05, 0) is 55.7 Å². The van der Waals surface area contributed by atoms with E-state index in [2.05, 4.69) is 47.4 Å². The third-order valence-electron chi connectivity index (χ3n) is 6.44. The highest BCUT2D eigenvalue weighted by atomic mass is 16.5. The van der Waals surface area contributed by atoms with Crippen LogP contribution in [0.15, 0.2) is 30.6 Å². The van der Waals surface area contributed by atoms with Crippen molar-refractivity contribution in [2.24, 2.45) is 13.0 Å². The maximum Gasteiger partial charge on any atom is 0.293 e. The number of benzene rings is 1. The molecule has 4 rings (SSSR count). The van der Waals surface area contributed by atoms with Gasteiger partial charge >= 0.3 is 0 Å². The summed E-state index contributed by atoms with van der Waals surface area (Å²) in [6.07, 6.45) is 8.66. The summed E-state index contributed by atoms with van der Waals surface area (Å²) in [4.78, 5) is 13.7. The van der Waals surface area contributed by atoms with Crippen LogP contribution < -0.4 is 10.2 Å². The molecule has 7 nitrogen and oxygen atoms in total. The third-order valence-corrected chi connectivity index (χ3v) is 6.44. The van der Waals surface area contributed by atoms with Crippen molar-refractivity contribution in [2.45, 2.75) is 57.6 Å². The summed E-state index contributed by atoms with van der Waals surface area (Å²) in [6.45, 7) is 7.69. The molecule has 1 aromatic carbocycles. The van der Waals surface area contributed by atoms with Crippen LogP contribution >= 0.6 is 0 Å². The SMILES string of the molecule is CC(C)CN(c1ccc(C2(OC=O)CCC2)cc1Nc1cnn(C)c1)C1CCOCC1. The minimum atomic E-state index is -0.493. The number of aryl methyl sites for hydroxylation is 1. The lowest BCUT2D eigenvalue weighted by Gasteiger charge is -2.42. The van der Waals surface area contributed by atoms with Gasteiger partial charge in [0.25, 0.3) is 6.47 Å². The average Bonchev–Trinajstić information content (AvgIpc) is 3.14. The zero-order valence-electron chi connectivity index (χ0n) is 18.8. The summed E-state index contributed by atoms with van der Waals surface area (Å²) < 4.78 is 13.0. The smallest absolute Gasteiger partial charge is 0.293 e. The van der Waals surface area contributed by atoms with Crippen molar-refractivity contribution in [2.75, 3.05) is 30.0 Å². The lowest BCUT2D eigenvalue weighted by atomic mass is 9.74. The summed E-state index contributed by atoms with van der Waals surface area (Å²) in [5.74, 6) is 0.533. The van der Waals surface area contributed by atoms with Gasteiger partial charge in [-0.2, -0.15) is 5.10 Å². The topological polar surface area (TPSA) is 68.6 Å². The molecule has 2 aromatic rings. The molecule has 1 N–H and O–H groups in total. The number of hydrogen-bond acceptors (Lipinski definition) is 6. The van der Waals surface area contributed by atoms with Gasteiger partial charge in [-0.15, -0.1) is 0 Å². The van der Waals surface area contributed by atoms with E-state index >= 15 is 0 Å². The molecule has 1 aliphatic carbocycles. The summed E-state index contributed by atoms with van der Waals surface area (Å²) in [7, 11) is 1.91. The van der Waals surface area contributed by atoms with Crippen molar-refractivity contribution < 1.29 is 14.3 Å². The molecule has 2 heterocycles. The van der Waals surface area contributed by atoms with E-state index in [0.717, 1.165) is 68.8 Å². The molecule has 7 heteroatoms. The van der Waals surface area contributed by atoms with Crippen molar-refractivity contribution in [3.05, 3.63) is 36.2 Å². The number of hydrogen-bond donors (Lipinski definition) is 1. The Morgan fingerprint density at radius 3 is 2.71 bits per heavy atom. The zero-order chi connectivity index (χ0) is 21.8. The van der Waals surface area contributed by atoms with Crippen molar-refractivity contribution >= 4 is 23.5 Å². The molecule has 1 saturated carbocycles. The van der Waals surface area contributed by atoms with E-state index in [0.29, 0.717) is 18.4 Å². The predicted molar refractivity (Wildman–Crippen MR) is 122 cm³/mol. The first-order valence-electron chi connectivity index (χ1n) is 11.4. The largest absolute Gasteiger partial charge is 0.456 e. The van der Waals surface area contributed by atoms with E-state index in [4.69, 9.17) is 9.47 Å². The van der Waals surface area contributed by atoms with Gasteiger partial charge < -0.3 is 19.7 Å². The zero-order valence-corrected chi connectivity index (χ0v) is 18.8. The lowest BCUT2D eigenvalue weighted by molar-refractivity contribution is -0.155. The standard InChI is InChI=1S/C24H34N4O3/c1-18(2)15-28(21-7-11-30-12-8-21)23-6-5-19(24(31-17-29)9-4-10-24)13-22(23)26-20-14-25-27(3)16-20/h5-6,13-14,16-18,21,26H,4,7-12,15H2,1-3H3. The number of anilines is 3. The molecule has 0 amide bonds. The van der Waals surface area contributed by atoms with Crippen LogP contribution in [0.5, 0.6) is 0 Å². The number of rotatable bonds is 9. The summed E-state index contributed by atoms with van der Waals surface area (Å²) >= 11 is 0. The molecule has 2 fully saturated rings. The fourth-order valence-electron chi connectivity index (χ4n) is 4.71. The molecule has 1 saturated heterocycles.